The van der Waals surface area contributed by atoms with Crippen molar-refractivity contribution in [1.82, 2.24) is 19.7 Å². The fourth-order valence-corrected chi connectivity index (χ4v) is 4.88. The number of hydrogen-bond acceptors (Lipinski definition) is 7. The van der Waals surface area contributed by atoms with Crippen molar-refractivity contribution in [3.8, 4) is 17.3 Å². The Morgan fingerprint density at radius 3 is 2.51 bits per heavy atom. The Labute approximate surface area is 206 Å². The SMILES string of the molecule is Cc1cnc(Nc2cnn(C3CC(C)(C)OC(C)(C)C3)c2)nc1-c1ccc(C(=O)CCC#N)cc1. The predicted molar refractivity (Wildman–Crippen MR) is 134 cm³/mol. The van der Waals surface area contributed by atoms with Gasteiger partial charge in [-0.05, 0) is 53.0 Å². The molecule has 1 fully saturated rings. The number of nitrogens with one attached hydrogen (secondary N) is 1. The summed E-state index contributed by atoms with van der Waals surface area (Å²) in [5, 5.41) is 16.6. The predicted octanol–water partition coefficient (Wildman–Crippen LogP) is 5.79. The maximum Gasteiger partial charge on any atom is 0.227 e. The molecular weight excluding hydrogens is 440 g/mol. The summed E-state index contributed by atoms with van der Waals surface area (Å²) in [5.41, 5.74) is 3.61. The summed E-state index contributed by atoms with van der Waals surface area (Å²) in [4.78, 5) is 21.3. The van der Waals surface area contributed by atoms with E-state index in [1.807, 2.05) is 36.0 Å². The lowest BCUT2D eigenvalue weighted by Gasteiger charge is -2.45. The Morgan fingerprint density at radius 2 is 1.86 bits per heavy atom. The van der Waals surface area contributed by atoms with E-state index in [2.05, 4.69) is 43.1 Å². The molecule has 0 amide bonds. The molecule has 8 heteroatoms. The van der Waals surface area contributed by atoms with Gasteiger partial charge in [0.15, 0.2) is 5.78 Å². The maximum absolute atomic E-state index is 12.2. The van der Waals surface area contributed by atoms with Gasteiger partial charge < -0.3 is 10.1 Å². The molecule has 35 heavy (non-hydrogen) atoms. The van der Waals surface area contributed by atoms with Crippen molar-refractivity contribution in [2.24, 2.45) is 0 Å². The Kier molecular flexibility index (Phi) is 6.73. The van der Waals surface area contributed by atoms with Gasteiger partial charge in [-0.3, -0.25) is 9.48 Å². The Balaban J connectivity index is 1.50. The topological polar surface area (TPSA) is 106 Å². The van der Waals surface area contributed by atoms with Gasteiger partial charge in [-0.15, -0.1) is 0 Å². The van der Waals surface area contributed by atoms with Crippen LogP contribution in [0.4, 0.5) is 11.6 Å². The highest BCUT2D eigenvalue weighted by atomic mass is 16.5. The fraction of sp³-hybridized carbons (Fsp3) is 0.444. The van der Waals surface area contributed by atoms with Gasteiger partial charge >= 0.3 is 0 Å². The van der Waals surface area contributed by atoms with Crippen molar-refractivity contribution in [3.05, 3.63) is 54.0 Å². The number of Topliss-reactive ketones (excluding diaryl/α,β-unsaturated/α-hetero) is 1. The van der Waals surface area contributed by atoms with Crippen LogP contribution in [-0.4, -0.2) is 36.7 Å². The van der Waals surface area contributed by atoms with E-state index in [-0.39, 0.29) is 35.9 Å². The van der Waals surface area contributed by atoms with E-state index in [0.717, 1.165) is 35.3 Å². The summed E-state index contributed by atoms with van der Waals surface area (Å²) in [6.07, 6.45) is 7.79. The quantitative estimate of drug-likeness (QED) is 0.434. The molecule has 8 nitrogen and oxygen atoms in total. The molecule has 0 radical (unpaired) electrons. The summed E-state index contributed by atoms with van der Waals surface area (Å²) >= 11 is 0. The molecule has 1 N–H and O–H groups in total. The second-order valence-corrected chi connectivity index (χ2v) is 10.4. The molecule has 1 aliphatic heterocycles. The molecular formula is C27H32N6O2. The normalized spacial score (nSPS) is 17.0. The first-order valence-electron chi connectivity index (χ1n) is 11.9. The van der Waals surface area contributed by atoms with Gasteiger partial charge in [-0.2, -0.15) is 10.4 Å². The fourth-order valence-electron chi connectivity index (χ4n) is 4.88. The van der Waals surface area contributed by atoms with E-state index < -0.39 is 0 Å². The molecule has 0 spiro atoms. The average Bonchev–Trinajstić information content (AvgIpc) is 3.25. The number of nitriles is 1. The molecule has 3 heterocycles. The van der Waals surface area contributed by atoms with Crippen molar-refractivity contribution in [2.45, 2.75) is 77.5 Å². The van der Waals surface area contributed by atoms with Crippen molar-refractivity contribution >= 4 is 17.4 Å². The highest BCUT2D eigenvalue weighted by Gasteiger charge is 2.40. The third-order valence-corrected chi connectivity index (χ3v) is 6.15. The third-order valence-electron chi connectivity index (χ3n) is 6.15. The summed E-state index contributed by atoms with van der Waals surface area (Å²) in [5.74, 6) is 0.445. The molecule has 3 aromatic rings. The number of nitrogens with zero attached hydrogens (tertiary/aromatic N) is 5. The van der Waals surface area contributed by atoms with Crippen LogP contribution in [0.2, 0.25) is 0 Å². The molecule has 182 valence electrons. The summed E-state index contributed by atoms with van der Waals surface area (Å²) in [6.45, 7) is 10.5. The zero-order valence-corrected chi connectivity index (χ0v) is 21.0. The van der Waals surface area contributed by atoms with Crippen LogP contribution in [0.1, 0.15) is 75.3 Å². The minimum atomic E-state index is -0.211. The van der Waals surface area contributed by atoms with E-state index in [1.165, 1.54) is 0 Å². The van der Waals surface area contributed by atoms with Crippen molar-refractivity contribution in [1.29, 1.82) is 5.26 Å². The Hall–Kier alpha value is -3.57. The second-order valence-electron chi connectivity index (χ2n) is 10.4. The molecule has 1 aliphatic rings. The lowest BCUT2D eigenvalue weighted by atomic mass is 9.85. The highest BCUT2D eigenvalue weighted by molar-refractivity contribution is 5.96. The number of anilines is 2. The van der Waals surface area contributed by atoms with Crippen LogP contribution < -0.4 is 5.32 Å². The largest absolute Gasteiger partial charge is 0.370 e. The molecule has 0 atom stereocenters. The zero-order chi connectivity index (χ0) is 25.2. The van der Waals surface area contributed by atoms with Gasteiger partial charge in [0.25, 0.3) is 0 Å². The molecule has 0 bridgehead atoms. The van der Waals surface area contributed by atoms with Crippen LogP contribution in [0.3, 0.4) is 0 Å². The van der Waals surface area contributed by atoms with E-state index in [1.54, 1.807) is 24.5 Å². The first kappa shape index (κ1) is 24.6. The number of carbonyl (C=O) groups excluding carboxylic acids is 1. The van der Waals surface area contributed by atoms with Crippen LogP contribution in [0.25, 0.3) is 11.3 Å². The number of carbonyl (C=O) groups is 1. The molecule has 0 unspecified atom stereocenters. The summed E-state index contributed by atoms with van der Waals surface area (Å²) < 4.78 is 8.22. The van der Waals surface area contributed by atoms with Crippen LogP contribution >= 0.6 is 0 Å². The van der Waals surface area contributed by atoms with Crippen LogP contribution in [-0.2, 0) is 4.74 Å². The second kappa shape index (κ2) is 9.59. The van der Waals surface area contributed by atoms with Gasteiger partial charge in [0.05, 0.1) is 40.9 Å². The number of ketones is 1. The zero-order valence-electron chi connectivity index (χ0n) is 21.0. The number of hydrogen-bond donors (Lipinski definition) is 1. The van der Waals surface area contributed by atoms with Gasteiger partial charge in [-0.25, -0.2) is 9.97 Å². The summed E-state index contributed by atoms with van der Waals surface area (Å²) in [7, 11) is 0. The maximum atomic E-state index is 12.2. The van der Waals surface area contributed by atoms with Crippen LogP contribution in [0, 0.1) is 18.3 Å². The van der Waals surface area contributed by atoms with Crippen molar-refractivity contribution in [2.75, 3.05) is 5.32 Å². The third kappa shape index (κ3) is 5.92. The van der Waals surface area contributed by atoms with E-state index in [4.69, 9.17) is 15.0 Å². The first-order valence-corrected chi connectivity index (χ1v) is 11.9. The molecule has 0 saturated carbocycles. The van der Waals surface area contributed by atoms with Crippen LogP contribution in [0.5, 0.6) is 0 Å². The molecule has 1 aromatic carbocycles. The van der Waals surface area contributed by atoms with Gasteiger partial charge in [-0.1, -0.05) is 24.3 Å². The van der Waals surface area contributed by atoms with E-state index in [9.17, 15) is 4.79 Å². The summed E-state index contributed by atoms with van der Waals surface area (Å²) in [6, 6.07) is 9.58. The lowest BCUT2D eigenvalue weighted by Crippen LogP contribution is -2.45. The van der Waals surface area contributed by atoms with E-state index >= 15 is 0 Å². The minimum Gasteiger partial charge on any atom is -0.370 e. The van der Waals surface area contributed by atoms with Gasteiger partial charge in [0.2, 0.25) is 5.95 Å². The van der Waals surface area contributed by atoms with Crippen molar-refractivity contribution < 1.29 is 9.53 Å². The van der Waals surface area contributed by atoms with Gasteiger partial charge in [0.1, 0.15) is 0 Å². The number of aryl methyl sites for hydroxylation is 1. The molecule has 2 aromatic heterocycles. The molecule has 0 aliphatic carbocycles. The minimum absolute atomic E-state index is 0.0341. The average molecular weight is 473 g/mol. The first-order chi connectivity index (χ1) is 16.5. The highest BCUT2D eigenvalue weighted by Crippen LogP contribution is 2.40. The van der Waals surface area contributed by atoms with E-state index in [0.29, 0.717) is 11.5 Å². The number of rotatable bonds is 7. The standard InChI is InChI=1S/C27H32N6O2/c1-18-15-29-25(32-24(18)20-10-8-19(9-11-20)23(34)7-6-12-28)31-21-16-30-33(17-21)22-13-26(2,3)35-27(4,5)14-22/h8-11,15-17,22H,6-7,13-14H2,1-5H3,(H,29,31,32). The smallest absolute Gasteiger partial charge is 0.227 e. The lowest BCUT2D eigenvalue weighted by molar-refractivity contribution is -0.170. The van der Waals surface area contributed by atoms with Crippen LogP contribution in [0.15, 0.2) is 42.9 Å². The molecule has 4 rings (SSSR count). The Bertz CT molecular complexity index is 1240. The van der Waals surface area contributed by atoms with Gasteiger partial charge in [0, 0.05) is 36.4 Å². The molecule has 1 saturated heterocycles. The van der Waals surface area contributed by atoms with Crippen molar-refractivity contribution in [3.63, 3.8) is 0 Å². The number of ether oxygens (including phenoxy) is 1. The number of aromatic nitrogens is 4. The number of benzene rings is 1. The monoisotopic (exact) mass is 472 g/mol. The Morgan fingerprint density at radius 1 is 1.17 bits per heavy atom.